The molecule has 1 atom stereocenters. The minimum Gasteiger partial charge on any atom is -0.480 e. The van der Waals surface area contributed by atoms with Crippen LogP contribution in [0.5, 0.6) is 0 Å². The highest BCUT2D eigenvalue weighted by Crippen LogP contribution is 2.23. The van der Waals surface area contributed by atoms with Crippen molar-refractivity contribution in [3.8, 4) is 0 Å². The minimum atomic E-state index is -0.928. The molecule has 2 aromatic heterocycles. The topological polar surface area (TPSA) is 119 Å². The van der Waals surface area contributed by atoms with E-state index in [0.29, 0.717) is 23.4 Å². The van der Waals surface area contributed by atoms with E-state index in [2.05, 4.69) is 20.3 Å². The molecule has 0 saturated heterocycles. The molecule has 0 amide bonds. The number of aromatic nitrogens is 4. The lowest BCUT2D eigenvalue weighted by molar-refractivity contribution is -0.138. The Morgan fingerprint density at radius 3 is 2.59 bits per heavy atom. The van der Waals surface area contributed by atoms with E-state index in [1.54, 1.807) is 6.33 Å². The molecule has 2 aromatic rings. The van der Waals surface area contributed by atoms with Gasteiger partial charge in [0, 0.05) is 6.04 Å². The zero-order chi connectivity index (χ0) is 16.4. The van der Waals surface area contributed by atoms with Crippen LogP contribution in [0.25, 0.3) is 11.2 Å². The number of imidazole rings is 1. The second kappa shape index (κ2) is 6.17. The largest absolute Gasteiger partial charge is 0.480 e. The first-order chi connectivity index (χ1) is 10.3. The smallest absolute Gasteiger partial charge is 0.326 e. The van der Waals surface area contributed by atoms with E-state index < -0.39 is 12.0 Å². The van der Waals surface area contributed by atoms with Crippen molar-refractivity contribution in [1.29, 1.82) is 0 Å². The number of aliphatic carboxylic acids is 1. The zero-order valence-electron chi connectivity index (χ0n) is 13.2. The Bertz CT molecular complexity index is 679. The van der Waals surface area contributed by atoms with Gasteiger partial charge in [-0.1, -0.05) is 13.8 Å². The van der Waals surface area contributed by atoms with Crippen LogP contribution < -0.4 is 11.1 Å². The summed E-state index contributed by atoms with van der Waals surface area (Å²) < 4.78 is 1.87. The van der Waals surface area contributed by atoms with Crippen molar-refractivity contribution < 1.29 is 9.90 Å². The van der Waals surface area contributed by atoms with Crippen LogP contribution in [0.3, 0.4) is 0 Å². The first-order valence-corrected chi connectivity index (χ1v) is 7.29. The van der Waals surface area contributed by atoms with Crippen LogP contribution in [0.15, 0.2) is 6.33 Å². The van der Waals surface area contributed by atoms with Crippen LogP contribution in [-0.4, -0.2) is 36.6 Å². The Kier molecular flexibility index (Phi) is 4.48. The van der Waals surface area contributed by atoms with Gasteiger partial charge in [0.1, 0.15) is 6.04 Å². The molecule has 0 aliphatic heterocycles. The number of nitrogens with zero attached hydrogens (tertiary/aromatic N) is 4. The molecule has 2 rings (SSSR count). The Balaban J connectivity index is 2.44. The van der Waals surface area contributed by atoms with Crippen molar-refractivity contribution in [1.82, 2.24) is 19.5 Å². The molecule has 8 heteroatoms. The highest BCUT2D eigenvalue weighted by atomic mass is 16.4. The first kappa shape index (κ1) is 16.0. The monoisotopic (exact) mass is 306 g/mol. The maximum atomic E-state index is 11.4. The second-order valence-corrected chi connectivity index (χ2v) is 6.01. The summed E-state index contributed by atoms with van der Waals surface area (Å²) in [4.78, 5) is 24.0. The van der Waals surface area contributed by atoms with Crippen LogP contribution in [0.2, 0.25) is 0 Å². The molecule has 0 aromatic carbocycles. The normalized spacial score (nSPS) is 13.0. The predicted octanol–water partition coefficient (Wildman–Crippen LogP) is 1.90. The molecule has 4 N–H and O–H groups in total. The third-order valence-electron chi connectivity index (χ3n) is 3.31. The molecular formula is C14H22N6O2. The van der Waals surface area contributed by atoms with Gasteiger partial charge in [0.15, 0.2) is 17.0 Å². The molecule has 0 aliphatic rings. The summed E-state index contributed by atoms with van der Waals surface area (Å²) in [7, 11) is 0. The average Bonchev–Trinajstić information content (AvgIpc) is 2.80. The Morgan fingerprint density at radius 1 is 1.36 bits per heavy atom. The van der Waals surface area contributed by atoms with E-state index in [4.69, 9.17) is 5.73 Å². The number of nitrogens with two attached hydrogens (primary N) is 1. The third kappa shape index (κ3) is 3.26. The summed E-state index contributed by atoms with van der Waals surface area (Å²) in [6, 6.07) is -0.584. The number of nitrogens with one attached hydrogen (secondary N) is 1. The summed E-state index contributed by atoms with van der Waals surface area (Å²) in [6.07, 6.45) is 2.14. The van der Waals surface area contributed by atoms with Crippen LogP contribution in [0.4, 0.5) is 11.8 Å². The van der Waals surface area contributed by atoms with Crippen LogP contribution in [-0.2, 0) is 4.79 Å². The van der Waals surface area contributed by atoms with E-state index in [1.807, 2.05) is 32.3 Å². The number of nitrogen functional groups attached to an aromatic ring is 1. The Labute approximate surface area is 128 Å². The zero-order valence-corrected chi connectivity index (χ0v) is 13.2. The van der Waals surface area contributed by atoms with E-state index in [9.17, 15) is 9.90 Å². The summed E-state index contributed by atoms with van der Waals surface area (Å²) in [5.41, 5.74) is 6.88. The molecule has 2 heterocycles. The van der Waals surface area contributed by atoms with E-state index >= 15 is 0 Å². The molecule has 120 valence electrons. The predicted molar refractivity (Wildman–Crippen MR) is 84.6 cm³/mol. The standard InChI is InChI=1S/C14H22N6O2/c1-7(2)5-9(13(21)22)17-11-10-12(19-14(15)18-11)20(6-16-10)8(3)4/h6-9H,5H2,1-4H3,(H,21,22)(H3,15,17,18,19). The van der Waals surface area contributed by atoms with E-state index in [0.717, 1.165) is 0 Å². The third-order valence-corrected chi connectivity index (χ3v) is 3.31. The number of fused-ring (bicyclic) bond motifs is 1. The molecule has 1 unspecified atom stereocenters. The highest BCUT2D eigenvalue weighted by molar-refractivity contribution is 5.87. The summed E-state index contributed by atoms with van der Waals surface area (Å²) in [5.74, 6) is -0.250. The number of carboxylic acids is 1. The summed E-state index contributed by atoms with van der Waals surface area (Å²) in [6.45, 7) is 7.95. The van der Waals surface area contributed by atoms with E-state index in [1.165, 1.54) is 0 Å². The number of hydrogen-bond acceptors (Lipinski definition) is 6. The van der Waals surface area contributed by atoms with Gasteiger partial charge in [-0.05, 0) is 26.2 Å². The van der Waals surface area contributed by atoms with Crippen molar-refractivity contribution >= 4 is 28.9 Å². The molecule has 0 spiro atoms. The first-order valence-electron chi connectivity index (χ1n) is 7.29. The van der Waals surface area contributed by atoms with Crippen LogP contribution >= 0.6 is 0 Å². The average molecular weight is 306 g/mol. The number of hydrogen-bond donors (Lipinski definition) is 3. The Hall–Kier alpha value is -2.38. The van der Waals surface area contributed by atoms with Gasteiger partial charge in [-0.15, -0.1) is 0 Å². The number of anilines is 2. The van der Waals surface area contributed by atoms with Crippen molar-refractivity contribution in [3.63, 3.8) is 0 Å². The van der Waals surface area contributed by atoms with Gasteiger partial charge in [-0.25, -0.2) is 9.78 Å². The summed E-state index contributed by atoms with van der Waals surface area (Å²) >= 11 is 0. The molecule has 0 fully saturated rings. The lowest BCUT2D eigenvalue weighted by Crippen LogP contribution is -2.31. The number of carboxylic acid groups (broad SMARTS) is 1. The SMILES string of the molecule is CC(C)CC(Nc1nc(N)nc2c1ncn2C(C)C)C(=O)O. The van der Waals surface area contributed by atoms with Crippen molar-refractivity contribution in [3.05, 3.63) is 6.33 Å². The minimum absolute atomic E-state index is 0.0890. The van der Waals surface area contributed by atoms with Gasteiger partial charge in [0.2, 0.25) is 5.95 Å². The highest BCUT2D eigenvalue weighted by Gasteiger charge is 2.22. The van der Waals surface area contributed by atoms with E-state index in [-0.39, 0.29) is 17.9 Å². The fourth-order valence-corrected chi connectivity index (χ4v) is 2.27. The second-order valence-electron chi connectivity index (χ2n) is 6.01. The van der Waals surface area contributed by atoms with Gasteiger partial charge in [-0.3, -0.25) is 0 Å². The number of rotatable bonds is 6. The summed E-state index contributed by atoms with van der Waals surface area (Å²) in [5, 5.41) is 12.3. The van der Waals surface area contributed by atoms with Gasteiger partial charge in [0.25, 0.3) is 0 Å². The quantitative estimate of drug-likeness (QED) is 0.745. The maximum Gasteiger partial charge on any atom is 0.326 e. The fourth-order valence-electron chi connectivity index (χ4n) is 2.27. The van der Waals surface area contributed by atoms with Crippen molar-refractivity contribution in [2.45, 2.75) is 46.2 Å². The van der Waals surface area contributed by atoms with Gasteiger partial charge < -0.3 is 20.7 Å². The Morgan fingerprint density at radius 2 is 2.05 bits per heavy atom. The molecule has 0 bridgehead atoms. The molecule has 0 aliphatic carbocycles. The van der Waals surface area contributed by atoms with Crippen LogP contribution in [0, 0.1) is 5.92 Å². The lowest BCUT2D eigenvalue weighted by Gasteiger charge is -2.17. The molecule has 22 heavy (non-hydrogen) atoms. The number of carbonyl (C=O) groups is 1. The molecule has 8 nitrogen and oxygen atoms in total. The van der Waals surface area contributed by atoms with Gasteiger partial charge in [-0.2, -0.15) is 9.97 Å². The molecule has 0 saturated carbocycles. The lowest BCUT2D eigenvalue weighted by atomic mass is 10.0. The van der Waals surface area contributed by atoms with Gasteiger partial charge in [0.05, 0.1) is 6.33 Å². The fraction of sp³-hybridized carbons (Fsp3) is 0.571. The van der Waals surface area contributed by atoms with Crippen LogP contribution in [0.1, 0.15) is 40.2 Å². The van der Waals surface area contributed by atoms with Crippen molar-refractivity contribution in [2.75, 3.05) is 11.1 Å². The van der Waals surface area contributed by atoms with Crippen molar-refractivity contribution in [2.24, 2.45) is 5.92 Å². The maximum absolute atomic E-state index is 11.4. The molecule has 0 radical (unpaired) electrons. The molecular weight excluding hydrogens is 284 g/mol. The van der Waals surface area contributed by atoms with Gasteiger partial charge >= 0.3 is 5.97 Å².